The highest BCUT2D eigenvalue weighted by atomic mass is 14.7. The molecule has 2 aliphatic rings. The fourth-order valence-electron chi connectivity index (χ4n) is 5.04. The Morgan fingerprint density at radius 2 is 1.67 bits per heavy atom. The zero-order valence-corrected chi connectivity index (χ0v) is 16.1. The number of nitrogens with two attached hydrogens (primary N) is 1. The van der Waals surface area contributed by atoms with E-state index in [1.54, 1.807) is 0 Å². The van der Waals surface area contributed by atoms with Crippen LogP contribution in [0.3, 0.4) is 0 Å². The normalized spacial score (nSPS) is 23.9. The number of fused-ring (bicyclic) bond motifs is 1. The first-order valence-electron chi connectivity index (χ1n) is 9.42. The summed E-state index contributed by atoms with van der Waals surface area (Å²) in [5.74, 6) is -0.414. The van der Waals surface area contributed by atoms with Crippen molar-refractivity contribution in [3.05, 3.63) is 57.3 Å². The smallest absolute Gasteiger partial charge is 0.191 e. The quantitative estimate of drug-likeness (QED) is 0.795. The minimum absolute atomic E-state index is 0.0474. The Bertz CT molecular complexity index is 938. The van der Waals surface area contributed by atoms with Gasteiger partial charge in [-0.15, -0.1) is 0 Å². The van der Waals surface area contributed by atoms with Gasteiger partial charge in [0.05, 0.1) is 23.4 Å². The molecule has 0 unspecified atom stereocenters. The minimum Gasteiger partial charge on any atom is -0.399 e. The van der Waals surface area contributed by atoms with Crippen LogP contribution in [0.5, 0.6) is 0 Å². The van der Waals surface area contributed by atoms with Crippen molar-refractivity contribution < 1.29 is 0 Å². The van der Waals surface area contributed by atoms with Crippen LogP contribution < -0.4 is 5.73 Å². The standard InChI is InChI=1S/C23H24N4/c1-14-9-15(2)20(16(3)10-14)21-18-8-6-4-5-7-17(18)19(11-24)22(27)23(21,12-25)13-26/h7,9-10,18,21H,4-6,8,27H2,1-3H3/t18-,21+/m0/s1. The van der Waals surface area contributed by atoms with Gasteiger partial charge in [0.15, 0.2) is 5.41 Å². The summed E-state index contributed by atoms with van der Waals surface area (Å²) < 4.78 is 0. The van der Waals surface area contributed by atoms with E-state index in [1.165, 1.54) is 0 Å². The lowest BCUT2D eigenvalue weighted by atomic mass is 9.57. The summed E-state index contributed by atoms with van der Waals surface area (Å²) in [6, 6.07) is 10.9. The van der Waals surface area contributed by atoms with E-state index in [2.05, 4.69) is 36.4 Å². The summed E-state index contributed by atoms with van der Waals surface area (Å²) in [7, 11) is 0. The number of nitrogens with zero attached hydrogens (tertiary/aromatic N) is 3. The number of allylic oxidation sites excluding steroid dienone is 4. The maximum atomic E-state index is 10.1. The Morgan fingerprint density at radius 3 is 2.22 bits per heavy atom. The first kappa shape index (κ1) is 18.8. The van der Waals surface area contributed by atoms with Gasteiger partial charge in [-0.1, -0.05) is 30.2 Å². The second-order valence-corrected chi connectivity index (χ2v) is 7.77. The second kappa shape index (κ2) is 6.94. The molecule has 136 valence electrons. The summed E-state index contributed by atoms with van der Waals surface area (Å²) in [6.07, 6.45) is 5.91. The van der Waals surface area contributed by atoms with E-state index in [-0.39, 0.29) is 17.5 Å². The van der Waals surface area contributed by atoms with Crippen molar-refractivity contribution >= 4 is 0 Å². The molecule has 0 spiro atoms. The number of hydrogen-bond donors (Lipinski definition) is 1. The summed E-state index contributed by atoms with van der Waals surface area (Å²) in [5.41, 5.74) is 10.6. The summed E-state index contributed by atoms with van der Waals surface area (Å²) in [4.78, 5) is 0. The molecule has 4 nitrogen and oxygen atoms in total. The highest BCUT2D eigenvalue weighted by Gasteiger charge is 2.54. The van der Waals surface area contributed by atoms with Gasteiger partial charge < -0.3 is 5.73 Å². The van der Waals surface area contributed by atoms with Gasteiger partial charge in [-0.05, 0) is 68.2 Å². The average Bonchev–Trinajstić information content (AvgIpc) is 2.87. The zero-order chi connectivity index (χ0) is 19.8. The van der Waals surface area contributed by atoms with Gasteiger partial charge in [0.2, 0.25) is 0 Å². The van der Waals surface area contributed by atoms with E-state index in [9.17, 15) is 15.8 Å². The topological polar surface area (TPSA) is 97.4 Å². The average molecular weight is 356 g/mol. The van der Waals surface area contributed by atoms with Crippen LogP contribution in [0.1, 0.15) is 53.9 Å². The van der Waals surface area contributed by atoms with Gasteiger partial charge in [0.25, 0.3) is 0 Å². The van der Waals surface area contributed by atoms with Gasteiger partial charge >= 0.3 is 0 Å². The molecule has 0 aromatic heterocycles. The molecule has 4 heteroatoms. The van der Waals surface area contributed by atoms with Crippen LogP contribution in [0, 0.1) is 66.1 Å². The lowest BCUT2D eigenvalue weighted by Crippen LogP contribution is -2.42. The molecule has 0 saturated carbocycles. The number of rotatable bonds is 1. The molecule has 1 aromatic carbocycles. The molecule has 0 radical (unpaired) electrons. The molecular formula is C23H24N4. The van der Waals surface area contributed by atoms with Crippen molar-refractivity contribution in [2.75, 3.05) is 0 Å². The predicted octanol–water partition coefficient (Wildman–Crippen LogP) is 4.60. The van der Waals surface area contributed by atoms with Crippen LogP contribution in [-0.4, -0.2) is 0 Å². The fourth-order valence-corrected chi connectivity index (χ4v) is 5.04. The van der Waals surface area contributed by atoms with Crippen molar-refractivity contribution in [2.45, 2.75) is 52.4 Å². The van der Waals surface area contributed by atoms with Crippen LogP contribution in [0.15, 0.2) is 35.1 Å². The Balaban J connectivity index is 2.41. The number of nitriles is 3. The summed E-state index contributed by atoms with van der Waals surface area (Å²) in [5, 5.41) is 30.0. The Labute approximate surface area is 161 Å². The molecule has 0 saturated heterocycles. The Hall–Kier alpha value is -3.03. The van der Waals surface area contributed by atoms with Crippen LogP contribution in [0.2, 0.25) is 0 Å². The minimum atomic E-state index is -1.53. The van der Waals surface area contributed by atoms with E-state index in [0.29, 0.717) is 5.57 Å². The SMILES string of the molecule is Cc1cc(C)c([C@H]2[C@H]3CCCCC=C3C(C#N)=C(N)C2(C#N)C#N)c(C)c1. The van der Waals surface area contributed by atoms with Crippen molar-refractivity contribution in [1.29, 1.82) is 15.8 Å². The third-order valence-electron chi connectivity index (χ3n) is 6.10. The summed E-state index contributed by atoms with van der Waals surface area (Å²) in [6.45, 7) is 6.12. The van der Waals surface area contributed by atoms with Gasteiger partial charge in [-0.2, -0.15) is 15.8 Å². The zero-order valence-electron chi connectivity index (χ0n) is 16.1. The van der Waals surface area contributed by atoms with Crippen molar-refractivity contribution in [3.8, 4) is 18.2 Å². The van der Waals surface area contributed by atoms with E-state index in [0.717, 1.165) is 53.5 Å². The third-order valence-corrected chi connectivity index (χ3v) is 6.10. The van der Waals surface area contributed by atoms with Crippen molar-refractivity contribution in [2.24, 2.45) is 17.1 Å². The molecule has 2 aliphatic carbocycles. The van der Waals surface area contributed by atoms with Crippen molar-refractivity contribution in [3.63, 3.8) is 0 Å². The molecule has 2 atom stereocenters. The molecule has 27 heavy (non-hydrogen) atoms. The third kappa shape index (κ3) is 2.72. The largest absolute Gasteiger partial charge is 0.399 e. The number of aryl methyl sites for hydroxylation is 3. The fraction of sp³-hybridized carbons (Fsp3) is 0.435. The van der Waals surface area contributed by atoms with Gasteiger partial charge in [0, 0.05) is 5.92 Å². The lowest BCUT2D eigenvalue weighted by molar-refractivity contribution is 0.326. The molecule has 0 fully saturated rings. The molecule has 1 aromatic rings. The maximum absolute atomic E-state index is 10.1. The molecule has 3 rings (SSSR count). The van der Waals surface area contributed by atoms with Crippen LogP contribution in [0.25, 0.3) is 0 Å². The van der Waals surface area contributed by atoms with Crippen LogP contribution in [0.4, 0.5) is 0 Å². The second-order valence-electron chi connectivity index (χ2n) is 7.77. The molecule has 0 aliphatic heterocycles. The first-order chi connectivity index (χ1) is 12.9. The Morgan fingerprint density at radius 1 is 1.04 bits per heavy atom. The summed E-state index contributed by atoms with van der Waals surface area (Å²) >= 11 is 0. The van der Waals surface area contributed by atoms with Crippen LogP contribution >= 0.6 is 0 Å². The Kier molecular flexibility index (Phi) is 4.82. The van der Waals surface area contributed by atoms with E-state index < -0.39 is 5.41 Å². The molecule has 2 N–H and O–H groups in total. The van der Waals surface area contributed by atoms with Gasteiger partial charge in [0.1, 0.15) is 6.07 Å². The van der Waals surface area contributed by atoms with E-state index >= 15 is 0 Å². The first-order valence-corrected chi connectivity index (χ1v) is 9.42. The van der Waals surface area contributed by atoms with E-state index in [1.807, 2.05) is 20.8 Å². The van der Waals surface area contributed by atoms with Crippen LogP contribution in [-0.2, 0) is 0 Å². The van der Waals surface area contributed by atoms with Gasteiger partial charge in [-0.25, -0.2) is 0 Å². The van der Waals surface area contributed by atoms with Gasteiger partial charge in [-0.3, -0.25) is 0 Å². The number of hydrogen-bond acceptors (Lipinski definition) is 4. The monoisotopic (exact) mass is 356 g/mol. The predicted molar refractivity (Wildman–Crippen MR) is 104 cm³/mol. The highest BCUT2D eigenvalue weighted by Crippen LogP contribution is 2.56. The molecule has 0 bridgehead atoms. The number of benzene rings is 1. The molecular weight excluding hydrogens is 332 g/mol. The maximum Gasteiger partial charge on any atom is 0.191 e. The molecule has 0 heterocycles. The molecule has 0 amide bonds. The van der Waals surface area contributed by atoms with Crippen molar-refractivity contribution in [1.82, 2.24) is 0 Å². The highest BCUT2D eigenvalue weighted by molar-refractivity contribution is 5.60. The lowest BCUT2D eigenvalue weighted by Gasteiger charge is -2.43. The van der Waals surface area contributed by atoms with E-state index in [4.69, 9.17) is 5.73 Å².